The maximum atomic E-state index is 13.2. The topological polar surface area (TPSA) is 54.6 Å². The van der Waals surface area contributed by atoms with Crippen LogP contribution in [0.25, 0.3) is 22.0 Å². The summed E-state index contributed by atoms with van der Waals surface area (Å²) in [6.45, 7) is 1.15. The second kappa shape index (κ2) is 8.04. The fraction of sp³-hybridized carbons (Fsp3) is 0.192. The first-order chi connectivity index (χ1) is 15.6. The molecule has 1 aromatic heterocycles. The van der Waals surface area contributed by atoms with Gasteiger partial charge in [-0.2, -0.15) is 0 Å². The Kier molecular flexibility index (Phi) is 5.05. The third-order valence-corrected chi connectivity index (χ3v) is 6.03. The number of aromatic amines is 1. The third-order valence-electron chi connectivity index (χ3n) is 6.03. The summed E-state index contributed by atoms with van der Waals surface area (Å²) in [6, 6.07) is 18.2. The first-order valence-corrected chi connectivity index (χ1v) is 10.5. The monoisotopic (exact) mass is 430 g/mol. The van der Waals surface area contributed by atoms with Crippen molar-refractivity contribution in [1.82, 2.24) is 9.88 Å². The number of nitrogens with zero attached hydrogens (tertiary/aromatic N) is 1. The summed E-state index contributed by atoms with van der Waals surface area (Å²) >= 11 is 0. The van der Waals surface area contributed by atoms with Gasteiger partial charge in [0.1, 0.15) is 11.5 Å². The van der Waals surface area contributed by atoms with Crippen LogP contribution in [0.5, 0.6) is 11.5 Å². The first kappa shape index (κ1) is 20.1. The van der Waals surface area contributed by atoms with E-state index < -0.39 is 0 Å². The van der Waals surface area contributed by atoms with Gasteiger partial charge in [-0.25, -0.2) is 4.39 Å². The molecule has 0 bridgehead atoms. The molecule has 1 aliphatic heterocycles. The summed E-state index contributed by atoms with van der Waals surface area (Å²) in [5, 5.41) is 0.944. The number of aromatic nitrogens is 1. The van der Waals surface area contributed by atoms with E-state index in [1.807, 2.05) is 41.3 Å². The van der Waals surface area contributed by atoms with Gasteiger partial charge in [-0.1, -0.05) is 18.2 Å². The van der Waals surface area contributed by atoms with E-state index in [-0.39, 0.29) is 11.7 Å². The Labute approximate surface area is 185 Å². The zero-order valence-corrected chi connectivity index (χ0v) is 17.9. The molecule has 2 heterocycles. The summed E-state index contributed by atoms with van der Waals surface area (Å²) in [4.78, 5) is 18.3. The lowest BCUT2D eigenvalue weighted by atomic mass is 9.98. The standard InChI is InChI=1S/C26H23FN2O3/c1-31-24-13-18-9-10-29(15-20(18)14-25(24)32-2)26(30)23-12-19-11-17(5-8-22(19)28-23)16-3-6-21(27)7-4-16/h3-8,11-14,28H,9-10,15H2,1-2H3. The number of nitrogens with one attached hydrogen (secondary N) is 1. The Bertz CT molecular complexity index is 1310. The van der Waals surface area contributed by atoms with E-state index >= 15 is 0 Å². The molecule has 0 fully saturated rings. The van der Waals surface area contributed by atoms with E-state index in [1.54, 1.807) is 26.4 Å². The van der Waals surface area contributed by atoms with E-state index in [9.17, 15) is 9.18 Å². The second-order valence-corrected chi connectivity index (χ2v) is 7.94. The highest BCUT2D eigenvalue weighted by Gasteiger charge is 2.24. The lowest BCUT2D eigenvalue weighted by molar-refractivity contribution is 0.0729. The largest absolute Gasteiger partial charge is 0.493 e. The number of fused-ring (bicyclic) bond motifs is 2. The smallest absolute Gasteiger partial charge is 0.270 e. The zero-order chi connectivity index (χ0) is 22.2. The molecule has 5 nitrogen and oxygen atoms in total. The molecule has 0 aliphatic carbocycles. The van der Waals surface area contributed by atoms with Gasteiger partial charge >= 0.3 is 0 Å². The average molecular weight is 430 g/mol. The summed E-state index contributed by atoms with van der Waals surface area (Å²) in [7, 11) is 3.24. The van der Waals surface area contributed by atoms with Crippen LogP contribution in [0, 0.1) is 5.82 Å². The van der Waals surface area contributed by atoms with Crippen molar-refractivity contribution in [1.29, 1.82) is 0 Å². The number of hydrogen-bond acceptors (Lipinski definition) is 3. The highest BCUT2D eigenvalue weighted by Crippen LogP contribution is 2.34. The number of ether oxygens (including phenoxy) is 2. The molecule has 0 atom stereocenters. The van der Waals surface area contributed by atoms with E-state index in [2.05, 4.69) is 4.98 Å². The van der Waals surface area contributed by atoms with Gasteiger partial charge in [0.15, 0.2) is 11.5 Å². The van der Waals surface area contributed by atoms with Gasteiger partial charge in [0.05, 0.1) is 14.2 Å². The van der Waals surface area contributed by atoms with Crippen molar-refractivity contribution in [3.8, 4) is 22.6 Å². The number of hydrogen-bond donors (Lipinski definition) is 1. The molecular weight excluding hydrogens is 407 g/mol. The Balaban J connectivity index is 1.41. The maximum Gasteiger partial charge on any atom is 0.270 e. The van der Waals surface area contributed by atoms with Crippen LogP contribution in [-0.2, 0) is 13.0 Å². The number of halogens is 1. The van der Waals surface area contributed by atoms with Crippen LogP contribution in [0.3, 0.4) is 0 Å². The van der Waals surface area contributed by atoms with Crippen molar-refractivity contribution in [2.45, 2.75) is 13.0 Å². The van der Waals surface area contributed by atoms with Crippen LogP contribution in [0.15, 0.2) is 60.7 Å². The second-order valence-electron chi connectivity index (χ2n) is 7.94. The summed E-state index contributed by atoms with van der Waals surface area (Å²) in [6.07, 6.45) is 0.760. The highest BCUT2D eigenvalue weighted by molar-refractivity contribution is 5.99. The Hall–Kier alpha value is -3.80. The molecule has 0 radical (unpaired) electrons. The van der Waals surface area contributed by atoms with Crippen LogP contribution in [0.1, 0.15) is 21.6 Å². The number of H-pyrrole nitrogens is 1. The molecule has 162 valence electrons. The maximum absolute atomic E-state index is 13.2. The zero-order valence-electron chi connectivity index (χ0n) is 17.9. The molecule has 4 aromatic rings. The SMILES string of the molecule is COc1cc2c(cc1OC)CN(C(=O)c1cc3cc(-c4ccc(F)cc4)ccc3[nH]1)CC2. The minimum atomic E-state index is -0.261. The number of methoxy groups -OCH3 is 2. The number of rotatable bonds is 4. The average Bonchev–Trinajstić information content (AvgIpc) is 3.26. The van der Waals surface area contributed by atoms with E-state index in [1.165, 1.54) is 17.7 Å². The van der Waals surface area contributed by atoms with E-state index in [0.717, 1.165) is 34.0 Å². The van der Waals surface area contributed by atoms with Crippen molar-refractivity contribution in [2.75, 3.05) is 20.8 Å². The first-order valence-electron chi connectivity index (χ1n) is 10.5. The molecular formula is C26H23FN2O3. The van der Waals surface area contributed by atoms with Crippen molar-refractivity contribution in [2.24, 2.45) is 0 Å². The van der Waals surface area contributed by atoms with Crippen LogP contribution >= 0.6 is 0 Å². The van der Waals surface area contributed by atoms with Crippen LogP contribution in [-0.4, -0.2) is 36.6 Å². The summed E-state index contributed by atoms with van der Waals surface area (Å²) in [5.74, 6) is 1.08. The predicted molar refractivity (Wildman–Crippen MR) is 122 cm³/mol. The lowest BCUT2D eigenvalue weighted by Gasteiger charge is -2.29. The van der Waals surface area contributed by atoms with Gasteiger partial charge in [-0.15, -0.1) is 0 Å². The van der Waals surface area contributed by atoms with Crippen molar-refractivity contribution < 1.29 is 18.7 Å². The molecule has 6 heteroatoms. The summed E-state index contributed by atoms with van der Waals surface area (Å²) in [5.41, 5.74) is 5.59. The number of carbonyl (C=O) groups is 1. The molecule has 32 heavy (non-hydrogen) atoms. The van der Waals surface area contributed by atoms with Crippen molar-refractivity contribution in [3.63, 3.8) is 0 Å². The molecule has 5 rings (SSSR count). The van der Waals surface area contributed by atoms with Gasteiger partial charge in [0.25, 0.3) is 5.91 Å². The Morgan fingerprint density at radius 3 is 2.31 bits per heavy atom. The fourth-order valence-corrected chi connectivity index (χ4v) is 4.30. The quantitative estimate of drug-likeness (QED) is 0.485. The van der Waals surface area contributed by atoms with Gasteiger partial charge in [-0.05, 0) is 71.1 Å². The molecule has 1 amide bonds. The lowest BCUT2D eigenvalue weighted by Crippen LogP contribution is -2.36. The van der Waals surface area contributed by atoms with Gasteiger partial charge in [-0.3, -0.25) is 4.79 Å². The number of benzene rings is 3. The van der Waals surface area contributed by atoms with Gasteiger partial charge in [0.2, 0.25) is 0 Å². The van der Waals surface area contributed by atoms with Crippen molar-refractivity contribution >= 4 is 16.8 Å². The van der Waals surface area contributed by atoms with Crippen LogP contribution < -0.4 is 9.47 Å². The number of amides is 1. The molecule has 1 aliphatic rings. The minimum absolute atomic E-state index is 0.0371. The Morgan fingerprint density at radius 1 is 0.906 bits per heavy atom. The van der Waals surface area contributed by atoms with Gasteiger partial charge < -0.3 is 19.4 Å². The molecule has 0 saturated carbocycles. The van der Waals surface area contributed by atoms with Crippen LogP contribution in [0.4, 0.5) is 4.39 Å². The normalized spacial score (nSPS) is 13.2. The molecule has 0 spiro atoms. The third kappa shape index (κ3) is 3.58. The number of carbonyl (C=O) groups excluding carboxylic acids is 1. The minimum Gasteiger partial charge on any atom is -0.493 e. The fourth-order valence-electron chi connectivity index (χ4n) is 4.30. The Morgan fingerprint density at radius 2 is 1.59 bits per heavy atom. The van der Waals surface area contributed by atoms with Crippen LogP contribution in [0.2, 0.25) is 0 Å². The predicted octanol–water partition coefficient (Wildman–Crippen LogP) is 5.19. The summed E-state index contributed by atoms with van der Waals surface area (Å²) < 4.78 is 24.1. The van der Waals surface area contributed by atoms with Crippen molar-refractivity contribution in [3.05, 3.63) is 83.3 Å². The molecule has 0 unspecified atom stereocenters. The molecule has 3 aromatic carbocycles. The molecule has 0 saturated heterocycles. The highest BCUT2D eigenvalue weighted by atomic mass is 19.1. The van der Waals surface area contributed by atoms with Gasteiger partial charge in [0, 0.05) is 24.0 Å². The molecule has 1 N–H and O–H groups in total. The van der Waals surface area contributed by atoms with E-state index in [4.69, 9.17) is 9.47 Å². The van der Waals surface area contributed by atoms with E-state index in [0.29, 0.717) is 30.3 Å².